The Kier molecular flexibility index (Phi) is 4.09. The van der Waals surface area contributed by atoms with Gasteiger partial charge in [0, 0.05) is 25.2 Å². The van der Waals surface area contributed by atoms with Crippen LogP contribution in [0, 0.1) is 5.92 Å². The van der Waals surface area contributed by atoms with E-state index in [-0.39, 0.29) is 5.91 Å². The Morgan fingerprint density at radius 1 is 1.15 bits per heavy atom. The summed E-state index contributed by atoms with van der Waals surface area (Å²) in [5.41, 5.74) is 2.85. The van der Waals surface area contributed by atoms with Gasteiger partial charge in [-0.2, -0.15) is 0 Å². The highest BCUT2D eigenvalue weighted by Crippen LogP contribution is 2.27. The van der Waals surface area contributed by atoms with Crippen LogP contribution >= 0.6 is 0 Å². The van der Waals surface area contributed by atoms with Gasteiger partial charge in [0.2, 0.25) is 0 Å². The summed E-state index contributed by atoms with van der Waals surface area (Å²) in [4.78, 5) is 12.1. The Balaban J connectivity index is 1.53. The molecule has 1 amide bonds. The van der Waals surface area contributed by atoms with Crippen molar-refractivity contribution >= 4 is 17.3 Å². The molecule has 0 saturated heterocycles. The topological polar surface area (TPSA) is 53.2 Å². The summed E-state index contributed by atoms with van der Waals surface area (Å²) in [6.07, 6.45) is 6.52. The smallest absolute Gasteiger partial charge is 0.251 e. The SMILES string of the molecule is O=C(NCCC1CCCC1)c1ccc2c(c1)NCCN2. The molecule has 1 aromatic carbocycles. The van der Waals surface area contributed by atoms with Crippen molar-refractivity contribution in [2.45, 2.75) is 32.1 Å². The summed E-state index contributed by atoms with van der Waals surface area (Å²) < 4.78 is 0. The number of fused-ring (bicyclic) bond motifs is 1. The third-order valence-electron chi connectivity index (χ3n) is 4.35. The normalized spacial score (nSPS) is 18.0. The summed E-state index contributed by atoms with van der Waals surface area (Å²) in [6, 6.07) is 5.81. The minimum absolute atomic E-state index is 0.0400. The van der Waals surface area contributed by atoms with Crippen LogP contribution < -0.4 is 16.0 Å². The summed E-state index contributed by atoms with van der Waals surface area (Å²) in [5.74, 6) is 0.864. The van der Waals surface area contributed by atoms with Crippen LogP contribution in [-0.2, 0) is 0 Å². The second-order valence-corrected chi connectivity index (χ2v) is 5.81. The van der Waals surface area contributed by atoms with Crippen molar-refractivity contribution in [3.05, 3.63) is 23.8 Å². The van der Waals surface area contributed by atoms with Gasteiger partial charge in [0.1, 0.15) is 0 Å². The zero-order chi connectivity index (χ0) is 13.8. The number of carbonyl (C=O) groups excluding carboxylic acids is 1. The van der Waals surface area contributed by atoms with Crippen molar-refractivity contribution in [2.75, 3.05) is 30.3 Å². The van der Waals surface area contributed by atoms with E-state index in [9.17, 15) is 4.79 Å². The molecule has 0 bridgehead atoms. The van der Waals surface area contributed by atoms with Crippen molar-refractivity contribution in [3.8, 4) is 0 Å². The van der Waals surface area contributed by atoms with Crippen LogP contribution in [0.1, 0.15) is 42.5 Å². The molecule has 4 nitrogen and oxygen atoms in total. The van der Waals surface area contributed by atoms with Gasteiger partial charge in [-0.05, 0) is 30.5 Å². The monoisotopic (exact) mass is 273 g/mol. The first-order chi connectivity index (χ1) is 9.83. The fourth-order valence-corrected chi connectivity index (χ4v) is 3.17. The Hall–Kier alpha value is -1.71. The van der Waals surface area contributed by atoms with Crippen molar-refractivity contribution in [1.82, 2.24) is 5.32 Å². The van der Waals surface area contributed by atoms with Gasteiger partial charge in [0.25, 0.3) is 5.91 Å². The summed E-state index contributed by atoms with van der Waals surface area (Å²) in [7, 11) is 0. The zero-order valence-electron chi connectivity index (χ0n) is 11.9. The number of hydrogen-bond donors (Lipinski definition) is 3. The molecule has 4 heteroatoms. The molecule has 1 aliphatic heterocycles. The first-order valence-electron chi connectivity index (χ1n) is 7.73. The van der Waals surface area contributed by atoms with Gasteiger partial charge < -0.3 is 16.0 Å². The molecule has 0 unspecified atom stereocenters. The van der Waals surface area contributed by atoms with E-state index in [0.29, 0.717) is 0 Å². The van der Waals surface area contributed by atoms with Crippen molar-refractivity contribution < 1.29 is 4.79 Å². The lowest BCUT2D eigenvalue weighted by atomic mass is 10.0. The average Bonchev–Trinajstić information content (AvgIpc) is 3.00. The van der Waals surface area contributed by atoms with Gasteiger partial charge in [-0.3, -0.25) is 4.79 Å². The van der Waals surface area contributed by atoms with Gasteiger partial charge in [0.05, 0.1) is 11.4 Å². The number of amides is 1. The molecule has 20 heavy (non-hydrogen) atoms. The fourth-order valence-electron chi connectivity index (χ4n) is 3.17. The van der Waals surface area contributed by atoms with Crippen LogP contribution in [0.3, 0.4) is 0 Å². The number of rotatable bonds is 4. The van der Waals surface area contributed by atoms with Gasteiger partial charge in [-0.15, -0.1) is 0 Å². The molecule has 0 radical (unpaired) electrons. The maximum absolute atomic E-state index is 12.1. The van der Waals surface area contributed by atoms with E-state index in [1.165, 1.54) is 25.7 Å². The Morgan fingerprint density at radius 3 is 2.70 bits per heavy atom. The maximum Gasteiger partial charge on any atom is 0.251 e. The number of carbonyl (C=O) groups is 1. The van der Waals surface area contributed by atoms with Crippen LogP contribution in [0.5, 0.6) is 0 Å². The molecule has 0 atom stereocenters. The average molecular weight is 273 g/mol. The Bertz CT molecular complexity index is 481. The Morgan fingerprint density at radius 2 is 1.90 bits per heavy atom. The highest BCUT2D eigenvalue weighted by atomic mass is 16.1. The first kappa shape index (κ1) is 13.3. The lowest BCUT2D eigenvalue weighted by molar-refractivity contribution is 0.0951. The Labute approximate surface area is 120 Å². The zero-order valence-corrected chi connectivity index (χ0v) is 11.9. The largest absolute Gasteiger partial charge is 0.382 e. The lowest BCUT2D eigenvalue weighted by Gasteiger charge is -2.20. The van der Waals surface area contributed by atoms with Crippen LogP contribution in [0.25, 0.3) is 0 Å². The molecule has 108 valence electrons. The molecule has 3 rings (SSSR count). The molecule has 1 heterocycles. The van der Waals surface area contributed by atoms with Crippen LogP contribution in [0.2, 0.25) is 0 Å². The molecule has 1 fully saturated rings. The third kappa shape index (κ3) is 3.06. The summed E-state index contributed by atoms with van der Waals surface area (Å²) >= 11 is 0. The second kappa shape index (κ2) is 6.16. The maximum atomic E-state index is 12.1. The standard InChI is InChI=1S/C16H23N3O/c20-16(19-8-7-12-3-1-2-4-12)13-5-6-14-15(11-13)18-10-9-17-14/h5-6,11-12,17-18H,1-4,7-10H2,(H,19,20). The minimum atomic E-state index is 0.0400. The molecule has 1 aromatic rings. The summed E-state index contributed by atoms with van der Waals surface area (Å²) in [5, 5.41) is 9.68. The van der Waals surface area contributed by atoms with E-state index in [0.717, 1.165) is 48.9 Å². The van der Waals surface area contributed by atoms with Gasteiger partial charge in [-0.1, -0.05) is 25.7 Å². The predicted octanol–water partition coefficient (Wildman–Crippen LogP) is 2.83. The molecular formula is C16H23N3O. The first-order valence-corrected chi connectivity index (χ1v) is 7.73. The van der Waals surface area contributed by atoms with Crippen LogP contribution in [0.4, 0.5) is 11.4 Å². The van der Waals surface area contributed by atoms with E-state index in [4.69, 9.17) is 0 Å². The van der Waals surface area contributed by atoms with E-state index in [1.54, 1.807) is 0 Å². The lowest BCUT2D eigenvalue weighted by Crippen LogP contribution is -2.26. The second-order valence-electron chi connectivity index (χ2n) is 5.81. The molecule has 0 spiro atoms. The van der Waals surface area contributed by atoms with Crippen LogP contribution in [0.15, 0.2) is 18.2 Å². The third-order valence-corrected chi connectivity index (χ3v) is 4.35. The molecular weight excluding hydrogens is 250 g/mol. The van der Waals surface area contributed by atoms with Crippen molar-refractivity contribution in [3.63, 3.8) is 0 Å². The molecule has 0 aromatic heterocycles. The van der Waals surface area contributed by atoms with E-state index in [2.05, 4.69) is 16.0 Å². The highest BCUT2D eigenvalue weighted by Gasteiger charge is 2.15. The van der Waals surface area contributed by atoms with Crippen molar-refractivity contribution in [1.29, 1.82) is 0 Å². The number of hydrogen-bond acceptors (Lipinski definition) is 3. The fraction of sp³-hybridized carbons (Fsp3) is 0.562. The quantitative estimate of drug-likeness (QED) is 0.790. The van der Waals surface area contributed by atoms with Gasteiger partial charge in [-0.25, -0.2) is 0 Å². The highest BCUT2D eigenvalue weighted by molar-refractivity contribution is 5.96. The van der Waals surface area contributed by atoms with Crippen molar-refractivity contribution in [2.24, 2.45) is 5.92 Å². The van der Waals surface area contributed by atoms with Crippen LogP contribution in [-0.4, -0.2) is 25.5 Å². The molecule has 3 N–H and O–H groups in total. The number of anilines is 2. The van der Waals surface area contributed by atoms with Gasteiger partial charge in [0.15, 0.2) is 0 Å². The predicted molar refractivity (Wildman–Crippen MR) is 82.3 cm³/mol. The molecule has 1 aliphatic carbocycles. The number of nitrogens with one attached hydrogen (secondary N) is 3. The van der Waals surface area contributed by atoms with E-state index < -0.39 is 0 Å². The van der Waals surface area contributed by atoms with E-state index in [1.807, 2.05) is 18.2 Å². The van der Waals surface area contributed by atoms with Gasteiger partial charge >= 0.3 is 0 Å². The molecule has 1 saturated carbocycles. The number of benzene rings is 1. The minimum Gasteiger partial charge on any atom is -0.382 e. The molecule has 2 aliphatic rings. The summed E-state index contributed by atoms with van der Waals surface area (Å²) in [6.45, 7) is 2.63. The van der Waals surface area contributed by atoms with E-state index >= 15 is 0 Å².